The maximum absolute atomic E-state index is 10.2. The van der Waals surface area contributed by atoms with Gasteiger partial charge in [-0.2, -0.15) is 0 Å². The molecular weight excluding hydrogens is 246 g/mol. The standard InChI is InChI=1S/C13H27N3O3/c1-18-12-9-16(10-13(12)19-2)8-11(17)7-15-5-3-14-4-6-15/h11-14,17H,3-10H2,1-2H3. The molecule has 0 spiro atoms. The molecule has 19 heavy (non-hydrogen) atoms. The van der Waals surface area contributed by atoms with E-state index in [4.69, 9.17) is 9.47 Å². The molecule has 2 aliphatic rings. The predicted octanol–water partition coefficient (Wildman–Crippen LogP) is -1.40. The summed E-state index contributed by atoms with van der Waals surface area (Å²) in [7, 11) is 3.44. The first-order valence-electron chi connectivity index (χ1n) is 7.12. The summed E-state index contributed by atoms with van der Waals surface area (Å²) in [5.74, 6) is 0. The molecule has 2 fully saturated rings. The van der Waals surface area contributed by atoms with E-state index in [2.05, 4.69) is 15.1 Å². The summed E-state index contributed by atoms with van der Waals surface area (Å²) >= 11 is 0. The van der Waals surface area contributed by atoms with Crippen LogP contribution in [0.15, 0.2) is 0 Å². The maximum Gasteiger partial charge on any atom is 0.0971 e. The summed E-state index contributed by atoms with van der Waals surface area (Å²) in [6.45, 7) is 7.23. The number of hydrogen-bond acceptors (Lipinski definition) is 6. The second-order valence-electron chi connectivity index (χ2n) is 5.47. The number of β-amino-alcohol motifs (C(OH)–C–C–N with tert-alkyl or cyclic N) is 1. The molecule has 2 aliphatic heterocycles. The first-order valence-corrected chi connectivity index (χ1v) is 7.12. The molecule has 2 heterocycles. The second-order valence-corrected chi connectivity index (χ2v) is 5.47. The van der Waals surface area contributed by atoms with Gasteiger partial charge >= 0.3 is 0 Å². The van der Waals surface area contributed by atoms with Crippen LogP contribution in [0.2, 0.25) is 0 Å². The smallest absolute Gasteiger partial charge is 0.0971 e. The lowest BCUT2D eigenvalue weighted by Crippen LogP contribution is -2.48. The van der Waals surface area contributed by atoms with Gasteiger partial charge < -0.3 is 19.9 Å². The molecule has 3 unspecified atom stereocenters. The summed E-state index contributed by atoms with van der Waals surface area (Å²) in [4.78, 5) is 4.55. The Hall–Kier alpha value is -0.240. The summed E-state index contributed by atoms with van der Waals surface area (Å²) in [6, 6.07) is 0. The van der Waals surface area contributed by atoms with E-state index in [1.165, 1.54) is 0 Å². The van der Waals surface area contributed by atoms with Crippen molar-refractivity contribution in [1.29, 1.82) is 0 Å². The number of rotatable bonds is 6. The molecule has 0 amide bonds. The van der Waals surface area contributed by atoms with Gasteiger partial charge in [0.25, 0.3) is 0 Å². The van der Waals surface area contributed by atoms with Crippen LogP contribution in [0.5, 0.6) is 0 Å². The Balaban J connectivity index is 1.71. The molecule has 2 saturated heterocycles. The average molecular weight is 273 g/mol. The predicted molar refractivity (Wildman–Crippen MR) is 73.4 cm³/mol. The number of aliphatic hydroxyl groups is 1. The van der Waals surface area contributed by atoms with Crippen LogP contribution < -0.4 is 5.32 Å². The monoisotopic (exact) mass is 273 g/mol. The van der Waals surface area contributed by atoms with Crippen LogP contribution in [0.4, 0.5) is 0 Å². The van der Waals surface area contributed by atoms with Gasteiger partial charge in [-0.25, -0.2) is 0 Å². The molecule has 0 bridgehead atoms. The summed E-state index contributed by atoms with van der Waals surface area (Å²) < 4.78 is 10.8. The summed E-state index contributed by atoms with van der Waals surface area (Å²) in [6.07, 6.45) is -0.0565. The molecule has 0 radical (unpaired) electrons. The van der Waals surface area contributed by atoms with E-state index in [0.29, 0.717) is 6.54 Å². The van der Waals surface area contributed by atoms with Gasteiger partial charge in [0.1, 0.15) is 0 Å². The SMILES string of the molecule is COC1CN(CC(O)CN2CCNCC2)CC1OC. The van der Waals surface area contributed by atoms with Crippen molar-refractivity contribution in [3.05, 3.63) is 0 Å². The number of ether oxygens (including phenoxy) is 2. The fourth-order valence-electron chi connectivity index (χ4n) is 2.97. The molecule has 0 aromatic heterocycles. The molecule has 6 heteroatoms. The molecule has 0 aromatic carbocycles. The number of nitrogens with one attached hydrogen (secondary N) is 1. The Morgan fingerprint density at radius 3 is 2.11 bits per heavy atom. The number of aliphatic hydroxyl groups excluding tert-OH is 1. The Labute approximate surface area is 115 Å². The van der Waals surface area contributed by atoms with E-state index in [-0.39, 0.29) is 18.3 Å². The maximum atomic E-state index is 10.2. The molecule has 0 saturated carbocycles. The van der Waals surface area contributed by atoms with Gasteiger partial charge in [0, 0.05) is 66.6 Å². The van der Waals surface area contributed by atoms with E-state index < -0.39 is 0 Å². The van der Waals surface area contributed by atoms with E-state index in [1.807, 2.05) is 0 Å². The zero-order valence-corrected chi connectivity index (χ0v) is 12.0. The van der Waals surface area contributed by atoms with Crippen LogP contribution in [0.1, 0.15) is 0 Å². The molecule has 0 aromatic rings. The van der Waals surface area contributed by atoms with Crippen LogP contribution in [-0.2, 0) is 9.47 Å². The molecule has 112 valence electrons. The zero-order chi connectivity index (χ0) is 13.7. The third kappa shape index (κ3) is 4.37. The minimum absolute atomic E-state index is 0.122. The zero-order valence-electron chi connectivity index (χ0n) is 12.0. The topological polar surface area (TPSA) is 57.2 Å². The first kappa shape index (κ1) is 15.2. The van der Waals surface area contributed by atoms with Crippen molar-refractivity contribution in [2.45, 2.75) is 18.3 Å². The quantitative estimate of drug-likeness (QED) is 0.621. The highest BCUT2D eigenvalue weighted by Crippen LogP contribution is 2.16. The fraction of sp³-hybridized carbons (Fsp3) is 1.00. The van der Waals surface area contributed by atoms with Crippen molar-refractivity contribution in [3.63, 3.8) is 0 Å². The number of piperazine rings is 1. The minimum Gasteiger partial charge on any atom is -0.390 e. The molecular formula is C13H27N3O3. The van der Waals surface area contributed by atoms with Gasteiger partial charge in [-0.3, -0.25) is 9.80 Å². The Morgan fingerprint density at radius 1 is 1.05 bits per heavy atom. The number of nitrogens with zero attached hydrogens (tertiary/aromatic N) is 2. The first-order chi connectivity index (χ1) is 9.22. The van der Waals surface area contributed by atoms with E-state index >= 15 is 0 Å². The third-order valence-electron chi connectivity index (χ3n) is 4.04. The van der Waals surface area contributed by atoms with Crippen LogP contribution in [0, 0.1) is 0 Å². The Morgan fingerprint density at radius 2 is 1.58 bits per heavy atom. The van der Waals surface area contributed by atoms with Crippen molar-refractivity contribution in [3.8, 4) is 0 Å². The lowest BCUT2D eigenvalue weighted by molar-refractivity contribution is -0.00461. The highest BCUT2D eigenvalue weighted by molar-refractivity contribution is 4.87. The van der Waals surface area contributed by atoms with E-state index in [1.54, 1.807) is 14.2 Å². The van der Waals surface area contributed by atoms with Crippen molar-refractivity contribution in [1.82, 2.24) is 15.1 Å². The summed E-state index contributed by atoms with van der Waals surface area (Å²) in [5.41, 5.74) is 0. The molecule has 0 aliphatic carbocycles. The highest BCUT2D eigenvalue weighted by Gasteiger charge is 2.33. The van der Waals surface area contributed by atoms with Crippen LogP contribution in [0.3, 0.4) is 0 Å². The Bertz CT molecular complexity index is 250. The molecule has 6 nitrogen and oxygen atoms in total. The van der Waals surface area contributed by atoms with Gasteiger partial charge in [0.05, 0.1) is 18.3 Å². The molecule has 2 N–H and O–H groups in total. The van der Waals surface area contributed by atoms with Crippen LogP contribution in [0.25, 0.3) is 0 Å². The van der Waals surface area contributed by atoms with Crippen LogP contribution >= 0.6 is 0 Å². The van der Waals surface area contributed by atoms with E-state index in [0.717, 1.165) is 45.8 Å². The van der Waals surface area contributed by atoms with Crippen molar-refractivity contribution in [2.75, 3.05) is 66.6 Å². The largest absolute Gasteiger partial charge is 0.390 e. The second kappa shape index (κ2) is 7.52. The van der Waals surface area contributed by atoms with Gasteiger partial charge in [-0.1, -0.05) is 0 Å². The lowest BCUT2D eigenvalue weighted by atomic mass is 10.2. The van der Waals surface area contributed by atoms with Crippen LogP contribution in [-0.4, -0.2) is 99.8 Å². The minimum atomic E-state index is -0.300. The van der Waals surface area contributed by atoms with Gasteiger partial charge in [-0.15, -0.1) is 0 Å². The van der Waals surface area contributed by atoms with Gasteiger partial charge in [0.2, 0.25) is 0 Å². The van der Waals surface area contributed by atoms with Crippen molar-refractivity contribution in [2.24, 2.45) is 0 Å². The van der Waals surface area contributed by atoms with Gasteiger partial charge in [-0.05, 0) is 0 Å². The normalized spacial score (nSPS) is 31.7. The van der Waals surface area contributed by atoms with E-state index in [9.17, 15) is 5.11 Å². The summed E-state index contributed by atoms with van der Waals surface area (Å²) in [5, 5.41) is 13.5. The van der Waals surface area contributed by atoms with Gasteiger partial charge in [0.15, 0.2) is 0 Å². The number of hydrogen-bond donors (Lipinski definition) is 2. The third-order valence-corrected chi connectivity index (χ3v) is 4.04. The highest BCUT2D eigenvalue weighted by atomic mass is 16.5. The lowest BCUT2D eigenvalue weighted by Gasteiger charge is -2.30. The van der Waals surface area contributed by atoms with Crippen molar-refractivity contribution >= 4 is 0 Å². The number of likely N-dealkylation sites (tertiary alicyclic amines) is 1. The number of methoxy groups -OCH3 is 2. The Kier molecular flexibility index (Phi) is 6.00. The molecule has 2 rings (SSSR count). The van der Waals surface area contributed by atoms with Crippen molar-refractivity contribution < 1.29 is 14.6 Å². The fourth-order valence-corrected chi connectivity index (χ4v) is 2.97. The average Bonchev–Trinajstić information content (AvgIpc) is 2.81. The molecule has 3 atom stereocenters.